The van der Waals surface area contributed by atoms with Crippen molar-refractivity contribution in [2.45, 2.75) is 45.6 Å². The lowest BCUT2D eigenvalue weighted by Crippen LogP contribution is -2.08. The van der Waals surface area contributed by atoms with Crippen LogP contribution in [-0.4, -0.2) is 18.2 Å². The topological polar surface area (TPSA) is 22.1 Å². The average molecular weight is 213 g/mol. The summed E-state index contributed by atoms with van der Waals surface area (Å²) in [6.45, 7) is 6.49. The minimum atomic E-state index is 0.269. The number of rotatable bonds is 5. The molecule has 0 aromatic carbocycles. The summed E-state index contributed by atoms with van der Waals surface area (Å²) in [6.07, 6.45) is 2.35. The standard InChI is InChI=1S/C11H19NOS/c1-5-8(2)10-7-14-11(12-10)6-9(3)13-4/h7-9H,5-6H2,1-4H3. The van der Waals surface area contributed by atoms with Crippen molar-refractivity contribution in [1.29, 1.82) is 0 Å². The van der Waals surface area contributed by atoms with E-state index in [0.717, 1.165) is 12.8 Å². The van der Waals surface area contributed by atoms with Crippen LogP contribution in [0.2, 0.25) is 0 Å². The lowest BCUT2D eigenvalue weighted by atomic mass is 10.1. The third-order valence-corrected chi connectivity index (χ3v) is 3.44. The molecule has 2 atom stereocenters. The van der Waals surface area contributed by atoms with Gasteiger partial charge in [0.1, 0.15) is 0 Å². The molecule has 0 fully saturated rings. The van der Waals surface area contributed by atoms with E-state index in [4.69, 9.17) is 4.74 Å². The first-order valence-electron chi connectivity index (χ1n) is 5.14. The van der Waals surface area contributed by atoms with Crippen LogP contribution >= 0.6 is 11.3 Å². The Bertz CT molecular complexity index is 272. The molecule has 1 aromatic heterocycles. The van der Waals surface area contributed by atoms with Gasteiger partial charge in [0.15, 0.2) is 0 Å². The van der Waals surface area contributed by atoms with Crippen molar-refractivity contribution in [2.75, 3.05) is 7.11 Å². The lowest BCUT2D eigenvalue weighted by molar-refractivity contribution is 0.118. The van der Waals surface area contributed by atoms with Crippen LogP contribution in [0.1, 0.15) is 43.8 Å². The molecule has 3 heteroatoms. The smallest absolute Gasteiger partial charge is 0.0954 e. The Hall–Kier alpha value is -0.410. The van der Waals surface area contributed by atoms with Crippen molar-refractivity contribution in [3.63, 3.8) is 0 Å². The fraction of sp³-hybridized carbons (Fsp3) is 0.727. The van der Waals surface area contributed by atoms with Gasteiger partial charge in [0.25, 0.3) is 0 Å². The average Bonchev–Trinajstić information content (AvgIpc) is 2.65. The van der Waals surface area contributed by atoms with Gasteiger partial charge in [-0.3, -0.25) is 0 Å². The van der Waals surface area contributed by atoms with E-state index in [1.165, 1.54) is 10.7 Å². The van der Waals surface area contributed by atoms with Crippen LogP contribution in [0.4, 0.5) is 0 Å². The molecule has 80 valence electrons. The Morgan fingerprint density at radius 1 is 1.50 bits per heavy atom. The second-order valence-corrected chi connectivity index (χ2v) is 4.67. The first kappa shape index (κ1) is 11.7. The van der Waals surface area contributed by atoms with Crippen molar-refractivity contribution in [1.82, 2.24) is 4.98 Å². The van der Waals surface area contributed by atoms with Crippen LogP contribution in [0.5, 0.6) is 0 Å². The summed E-state index contributed by atoms with van der Waals surface area (Å²) in [7, 11) is 1.74. The first-order valence-corrected chi connectivity index (χ1v) is 6.02. The van der Waals surface area contributed by atoms with Gasteiger partial charge < -0.3 is 4.74 Å². The highest BCUT2D eigenvalue weighted by atomic mass is 32.1. The van der Waals surface area contributed by atoms with Crippen LogP contribution in [-0.2, 0) is 11.2 Å². The van der Waals surface area contributed by atoms with E-state index in [9.17, 15) is 0 Å². The number of aromatic nitrogens is 1. The molecule has 0 radical (unpaired) electrons. The van der Waals surface area contributed by atoms with Gasteiger partial charge in [0, 0.05) is 18.9 Å². The van der Waals surface area contributed by atoms with Crippen molar-refractivity contribution in [3.05, 3.63) is 16.1 Å². The summed E-state index contributed by atoms with van der Waals surface area (Å²) in [4.78, 5) is 4.61. The van der Waals surface area contributed by atoms with Crippen LogP contribution in [0.3, 0.4) is 0 Å². The molecule has 14 heavy (non-hydrogen) atoms. The van der Waals surface area contributed by atoms with Gasteiger partial charge >= 0.3 is 0 Å². The maximum Gasteiger partial charge on any atom is 0.0954 e. The van der Waals surface area contributed by atoms with E-state index in [1.54, 1.807) is 18.4 Å². The number of hydrogen-bond acceptors (Lipinski definition) is 3. The first-order chi connectivity index (χ1) is 6.67. The van der Waals surface area contributed by atoms with Gasteiger partial charge in [-0.1, -0.05) is 13.8 Å². The van der Waals surface area contributed by atoms with Gasteiger partial charge in [-0.2, -0.15) is 0 Å². The van der Waals surface area contributed by atoms with Crippen molar-refractivity contribution in [2.24, 2.45) is 0 Å². The number of nitrogens with zero attached hydrogens (tertiary/aromatic N) is 1. The molecule has 0 aliphatic carbocycles. The highest BCUT2D eigenvalue weighted by molar-refractivity contribution is 7.09. The SMILES string of the molecule is CCC(C)c1csc(CC(C)OC)n1. The van der Waals surface area contributed by atoms with E-state index >= 15 is 0 Å². The Labute approximate surface area is 90.3 Å². The molecule has 2 unspecified atom stereocenters. The monoisotopic (exact) mass is 213 g/mol. The van der Waals surface area contributed by atoms with Crippen molar-refractivity contribution >= 4 is 11.3 Å². The minimum absolute atomic E-state index is 0.269. The second kappa shape index (κ2) is 5.47. The molecule has 0 bridgehead atoms. The van der Waals surface area contributed by atoms with Crippen molar-refractivity contribution < 1.29 is 4.74 Å². The van der Waals surface area contributed by atoms with Gasteiger partial charge in [-0.25, -0.2) is 4.98 Å². The molecular formula is C11H19NOS. The summed E-state index contributed by atoms with van der Waals surface area (Å²) in [5.41, 5.74) is 1.23. The molecule has 2 nitrogen and oxygen atoms in total. The lowest BCUT2D eigenvalue weighted by Gasteiger charge is -2.06. The molecule has 1 aromatic rings. The van der Waals surface area contributed by atoms with Gasteiger partial charge in [0.2, 0.25) is 0 Å². The normalized spacial score (nSPS) is 15.4. The van der Waals surface area contributed by atoms with E-state index in [0.29, 0.717) is 5.92 Å². The van der Waals surface area contributed by atoms with E-state index < -0.39 is 0 Å². The highest BCUT2D eigenvalue weighted by Crippen LogP contribution is 2.21. The van der Waals surface area contributed by atoms with Crippen LogP contribution < -0.4 is 0 Å². The fourth-order valence-electron chi connectivity index (χ4n) is 1.18. The Morgan fingerprint density at radius 2 is 2.21 bits per heavy atom. The quantitative estimate of drug-likeness (QED) is 0.749. The number of methoxy groups -OCH3 is 1. The van der Waals surface area contributed by atoms with Crippen LogP contribution in [0.25, 0.3) is 0 Å². The number of hydrogen-bond donors (Lipinski definition) is 0. The largest absolute Gasteiger partial charge is 0.381 e. The van der Waals surface area contributed by atoms with Crippen molar-refractivity contribution in [3.8, 4) is 0 Å². The minimum Gasteiger partial charge on any atom is -0.381 e. The predicted octanol–water partition coefficient (Wildman–Crippen LogP) is 3.23. The van der Waals surface area contributed by atoms with Crippen LogP contribution in [0.15, 0.2) is 5.38 Å². The molecule has 0 saturated heterocycles. The zero-order valence-corrected chi connectivity index (χ0v) is 10.2. The van der Waals surface area contributed by atoms with E-state index in [2.05, 4.69) is 31.1 Å². The summed E-state index contributed by atoms with van der Waals surface area (Å²) in [5.74, 6) is 0.581. The van der Waals surface area contributed by atoms with Gasteiger partial charge in [0.05, 0.1) is 16.8 Å². The number of thiazole rings is 1. The molecule has 0 aliphatic rings. The van der Waals surface area contributed by atoms with Gasteiger partial charge in [-0.05, 0) is 19.3 Å². The Morgan fingerprint density at radius 3 is 2.79 bits per heavy atom. The van der Waals surface area contributed by atoms with E-state index in [1.807, 2.05) is 0 Å². The molecule has 0 saturated carbocycles. The molecule has 0 N–H and O–H groups in total. The second-order valence-electron chi connectivity index (χ2n) is 3.73. The highest BCUT2D eigenvalue weighted by Gasteiger charge is 2.10. The fourth-order valence-corrected chi connectivity index (χ4v) is 2.21. The third-order valence-electron chi connectivity index (χ3n) is 2.55. The zero-order valence-electron chi connectivity index (χ0n) is 9.41. The Kier molecular flexibility index (Phi) is 4.55. The summed E-state index contributed by atoms with van der Waals surface area (Å²) in [6, 6.07) is 0. The molecular weight excluding hydrogens is 194 g/mol. The maximum absolute atomic E-state index is 5.22. The molecule has 0 aliphatic heterocycles. The summed E-state index contributed by atoms with van der Waals surface area (Å²) >= 11 is 1.75. The number of ether oxygens (including phenoxy) is 1. The predicted molar refractivity (Wildman–Crippen MR) is 61.0 cm³/mol. The molecule has 0 amide bonds. The zero-order chi connectivity index (χ0) is 10.6. The molecule has 1 rings (SSSR count). The molecule has 0 spiro atoms. The third kappa shape index (κ3) is 3.07. The summed E-state index contributed by atoms with van der Waals surface area (Å²) in [5, 5.41) is 3.36. The van der Waals surface area contributed by atoms with Crippen LogP contribution in [0, 0.1) is 0 Å². The Balaban J connectivity index is 2.59. The molecule has 1 heterocycles. The van der Waals surface area contributed by atoms with Gasteiger partial charge in [-0.15, -0.1) is 11.3 Å². The summed E-state index contributed by atoms with van der Waals surface area (Å²) < 4.78 is 5.22. The van der Waals surface area contributed by atoms with E-state index in [-0.39, 0.29) is 6.10 Å². The maximum atomic E-state index is 5.22.